The van der Waals surface area contributed by atoms with E-state index in [9.17, 15) is 4.79 Å². The highest BCUT2D eigenvalue weighted by molar-refractivity contribution is 6.29. The van der Waals surface area contributed by atoms with Crippen molar-refractivity contribution in [3.63, 3.8) is 0 Å². The largest absolute Gasteiger partial charge is 0.354 e. The van der Waals surface area contributed by atoms with E-state index >= 15 is 0 Å². The van der Waals surface area contributed by atoms with E-state index in [0.717, 1.165) is 31.2 Å². The molecular weight excluding hydrogens is 264 g/mol. The Hall–Kier alpha value is -1.36. The van der Waals surface area contributed by atoms with E-state index in [2.05, 4.69) is 20.2 Å². The highest BCUT2D eigenvalue weighted by Crippen LogP contribution is 2.23. The summed E-state index contributed by atoms with van der Waals surface area (Å²) >= 11 is 6.05. The normalized spacial score (nSPS) is 19.0. The van der Waals surface area contributed by atoms with Crippen molar-refractivity contribution in [3.8, 4) is 0 Å². The molecule has 1 unspecified atom stereocenters. The summed E-state index contributed by atoms with van der Waals surface area (Å²) in [6, 6.07) is 1.97. The molecule has 1 amide bonds. The molecule has 0 bridgehead atoms. The average molecular weight is 283 g/mol. The Morgan fingerprint density at radius 2 is 2.26 bits per heavy atom. The topological polar surface area (TPSA) is 58.1 Å². The van der Waals surface area contributed by atoms with Crippen molar-refractivity contribution in [1.82, 2.24) is 15.3 Å². The van der Waals surface area contributed by atoms with Crippen molar-refractivity contribution in [2.24, 2.45) is 0 Å². The third kappa shape index (κ3) is 3.56. The lowest BCUT2D eigenvalue weighted by Gasteiger charge is -2.19. The van der Waals surface area contributed by atoms with Gasteiger partial charge < -0.3 is 10.2 Å². The van der Waals surface area contributed by atoms with E-state index in [4.69, 9.17) is 11.6 Å². The first-order valence-electron chi connectivity index (χ1n) is 6.52. The molecule has 2 rings (SSSR count). The Balaban J connectivity index is 2.12. The number of halogens is 1. The second-order valence-corrected chi connectivity index (χ2v) is 5.58. The van der Waals surface area contributed by atoms with Crippen LogP contribution in [0, 0.1) is 0 Å². The fraction of sp³-hybridized carbons (Fsp3) is 0.615. The van der Waals surface area contributed by atoms with Crippen LogP contribution >= 0.6 is 11.6 Å². The standard InChI is InChI=1S/C13H19ClN4O/c1-8(2)13-16-11(14)6-12(17-13)18-5-4-10(7-18)15-9(3)19/h6,8,10H,4-5,7H2,1-3H3,(H,15,19). The van der Waals surface area contributed by atoms with E-state index < -0.39 is 0 Å². The van der Waals surface area contributed by atoms with Crippen molar-refractivity contribution >= 4 is 23.3 Å². The van der Waals surface area contributed by atoms with Gasteiger partial charge in [0.25, 0.3) is 0 Å². The van der Waals surface area contributed by atoms with Crippen LogP contribution in [0.4, 0.5) is 5.82 Å². The second kappa shape index (κ2) is 5.74. The van der Waals surface area contributed by atoms with Crippen LogP contribution in [-0.4, -0.2) is 35.0 Å². The first-order chi connectivity index (χ1) is 8.95. The molecule has 2 heterocycles. The summed E-state index contributed by atoms with van der Waals surface area (Å²) in [4.78, 5) is 22.0. The van der Waals surface area contributed by atoms with Crippen molar-refractivity contribution in [3.05, 3.63) is 17.0 Å². The molecule has 19 heavy (non-hydrogen) atoms. The third-order valence-corrected chi connectivity index (χ3v) is 3.33. The van der Waals surface area contributed by atoms with Gasteiger partial charge in [0.15, 0.2) is 0 Å². The first-order valence-corrected chi connectivity index (χ1v) is 6.90. The van der Waals surface area contributed by atoms with E-state index in [1.165, 1.54) is 0 Å². The van der Waals surface area contributed by atoms with Crippen LogP contribution < -0.4 is 10.2 Å². The monoisotopic (exact) mass is 282 g/mol. The molecule has 1 aromatic rings. The van der Waals surface area contributed by atoms with Gasteiger partial charge in [0, 0.05) is 38.0 Å². The molecule has 1 aromatic heterocycles. The van der Waals surface area contributed by atoms with Crippen LogP contribution in [-0.2, 0) is 4.79 Å². The van der Waals surface area contributed by atoms with Crippen molar-refractivity contribution in [2.45, 2.75) is 39.2 Å². The molecule has 1 aliphatic rings. The van der Waals surface area contributed by atoms with E-state index in [1.807, 2.05) is 13.8 Å². The summed E-state index contributed by atoms with van der Waals surface area (Å²) in [5.41, 5.74) is 0. The number of amides is 1. The van der Waals surface area contributed by atoms with Crippen LogP contribution in [0.5, 0.6) is 0 Å². The second-order valence-electron chi connectivity index (χ2n) is 5.19. The summed E-state index contributed by atoms with van der Waals surface area (Å²) in [7, 11) is 0. The molecule has 1 saturated heterocycles. The van der Waals surface area contributed by atoms with Crippen LogP contribution in [0.25, 0.3) is 0 Å². The van der Waals surface area contributed by atoms with Gasteiger partial charge in [0.2, 0.25) is 5.91 Å². The van der Waals surface area contributed by atoms with Gasteiger partial charge >= 0.3 is 0 Å². The van der Waals surface area contributed by atoms with Crippen LogP contribution in [0.15, 0.2) is 6.07 Å². The fourth-order valence-electron chi connectivity index (χ4n) is 2.22. The SMILES string of the molecule is CC(=O)NC1CCN(c2cc(Cl)nc(C(C)C)n2)C1. The maximum atomic E-state index is 11.1. The number of hydrogen-bond acceptors (Lipinski definition) is 4. The Labute approximate surface area is 118 Å². The average Bonchev–Trinajstić information content (AvgIpc) is 2.75. The highest BCUT2D eigenvalue weighted by Gasteiger charge is 2.24. The predicted octanol–water partition coefficient (Wildman–Crippen LogP) is 1.97. The van der Waals surface area contributed by atoms with Gasteiger partial charge in [-0.25, -0.2) is 9.97 Å². The molecule has 1 aliphatic heterocycles. The number of aromatic nitrogens is 2. The maximum absolute atomic E-state index is 11.1. The lowest BCUT2D eigenvalue weighted by atomic mass is 10.2. The molecule has 1 N–H and O–H groups in total. The smallest absolute Gasteiger partial charge is 0.217 e. The summed E-state index contributed by atoms with van der Waals surface area (Å²) in [6.45, 7) is 7.26. The van der Waals surface area contributed by atoms with Gasteiger partial charge in [-0.1, -0.05) is 25.4 Å². The summed E-state index contributed by atoms with van der Waals surface area (Å²) in [5, 5.41) is 3.41. The minimum Gasteiger partial charge on any atom is -0.354 e. The molecular formula is C13H19ClN4O. The lowest BCUT2D eigenvalue weighted by Crippen LogP contribution is -2.35. The minimum absolute atomic E-state index is 0.00967. The van der Waals surface area contributed by atoms with Crippen LogP contribution in [0.2, 0.25) is 5.15 Å². The molecule has 1 atom stereocenters. The Morgan fingerprint density at radius 1 is 1.53 bits per heavy atom. The molecule has 0 aliphatic carbocycles. The third-order valence-electron chi connectivity index (χ3n) is 3.13. The predicted molar refractivity (Wildman–Crippen MR) is 75.6 cm³/mol. The number of hydrogen-bond donors (Lipinski definition) is 1. The molecule has 0 saturated carbocycles. The molecule has 1 fully saturated rings. The Kier molecular flexibility index (Phi) is 4.24. The van der Waals surface area contributed by atoms with Gasteiger partial charge in [-0.05, 0) is 6.42 Å². The zero-order valence-electron chi connectivity index (χ0n) is 11.5. The summed E-state index contributed by atoms with van der Waals surface area (Å²) < 4.78 is 0. The van der Waals surface area contributed by atoms with Crippen LogP contribution in [0.1, 0.15) is 38.9 Å². The number of nitrogens with one attached hydrogen (secondary N) is 1. The molecule has 0 aromatic carbocycles. The van der Waals surface area contributed by atoms with Gasteiger partial charge in [-0.3, -0.25) is 4.79 Å². The minimum atomic E-state index is 0.00967. The van der Waals surface area contributed by atoms with Gasteiger partial charge in [0.1, 0.15) is 16.8 Å². The maximum Gasteiger partial charge on any atom is 0.217 e. The van der Waals surface area contributed by atoms with Crippen molar-refractivity contribution < 1.29 is 4.79 Å². The van der Waals surface area contributed by atoms with Crippen LogP contribution in [0.3, 0.4) is 0 Å². The van der Waals surface area contributed by atoms with E-state index in [0.29, 0.717) is 5.15 Å². The first kappa shape index (κ1) is 14.1. The number of anilines is 1. The lowest BCUT2D eigenvalue weighted by molar-refractivity contribution is -0.119. The quantitative estimate of drug-likeness (QED) is 0.861. The number of carbonyl (C=O) groups is 1. The van der Waals surface area contributed by atoms with Gasteiger partial charge in [-0.2, -0.15) is 0 Å². The molecule has 0 radical (unpaired) electrons. The zero-order chi connectivity index (χ0) is 14.0. The van der Waals surface area contributed by atoms with E-state index in [1.54, 1.807) is 13.0 Å². The molecule has 6 heteroatoms. The Morgan fingerprint density at radius 3 is 2.89 bits per heavy atom. The fourth-order valence-corrected chi connectivity index (χ4v) is 2.40. The van der Waals surface area contributed by atoms with Gasteiger partial charge in [-0.15, -0.1) is 0 Å². The Bertz CT molecular complexity index is 478. The summed E-state index contributed by atoms with van der Waals surface area (Å²) in [6.07, 6.45) is 0.929. The molecule has 104 valence electrons. The number of rotatable bonds is 3. The van der Waals surface area contributed by atoms with E-state index in [-0.39, 0.29) is 17.9 Å². The van der Waals surface area contributed by atoms with Crippen molar-refractivity contribution in [1.29, 1.82) is 0 Å². The number of nitrogens with zero attached hydrogens (tertiary/aromatic N) is 3. The molecule has 0 spiro atoms. The highest BCUT2D eigenvalue weighted by atomic mass is 35.5. The van der Waals surface area contributed by atoms with Crippen molar-refractivity contribution in [2.75, 3.05) is 18.0 Å². The zero-order valence-corrected chi connectivity index (χ0v) is 12.2. The number of carbonyl (C=O) groups excluding carboxylic acids is 1. The molecule has 5 nitrogen and oxygen atoms in total. The van der Waals surface area contributed by atoms with Gasteiger partial charge in [0.05, 0.1) is 0 Å². The summed E-state index contributed by atoms with van der Waals surface area (Å²) in [5.74, 6) is 1.85.